The zero-order valence-corrected chi connectivity index (χ0v) is 15.8. The van der Waals surface area contributed by atoms with Gasteiger partial charge < -0.3 is 0 Å². The van der Waals surface area contributed by atoms with E-state index in [1.165, 1.54) is 15.4 Å². The zero-order valence-electron chi connectivity index (χ0n) is 10.9. The van der Waals surface area contributed by atoms with E-state index < -0.39 is 0 Å². The fraction of sp³-hybridized carbons (Fsp3) is 0.0769. The molecule has 0 saturated heterocycles. The zero-order chi connectivity index (χ0) is 14.5. The van der Waals surface area contributed by atoms with E-state index in [9.17, 15) is 0 Å². The second kappa shape index (κ2) is 7.94. The summed E-state index contributed by atoms with van der Waals surface area (Å²) in [5.41, 5.74) is 1.30. The molecule has 3 rings (SSSR count). The van der Waals surface area contributed by atoms with Gasteiger partial charge in [0.2, 0.25) is 0 Å². The SMILES string of the molecule is Cc1cc(SSc2nccs2)ccc1SSc1nccs1. The first kappa shape index (κ1) is 15.8. The molecule has 1 aromatic carbocycles. The van der Waals surface area contributed by atoms with E-state index in [1.54, 1.807) is 65.8 Å². The number of rotatable bonds is 6. The van der Waals surface area contributed by atoms with Crippen molar-refractivity contribution in [1.29, 1.82) is 0 Å². The standard InChI is InChI=1S/C13H10N2S6/c1-9-8-10(18-20-12-14-4-6-16-12)2-3-11(9)19-21-13-15-5-7-17-13/h2-8H,1H3. The summed E-state index contributed by atoms with van der Waals surface area (Å²) in [7, 11) is 6.95. The van der Waals surface area contributed by atoms with Crippen LogP contribution in [-0.2, 0) is 0 Å². The topological polar surface area (TPSA) is 25.8 Å². The quantitative estimate of drug-likeness (QED) is 0.448. The number of hydrogen-bond donors (Lipinski definition) is 0. The smallest absolute Gasteiger partial charge is 0.160 e. The Morgan fingerprint density at radius 3 is 2.10 bits per heavy atom. The van der Waals surface area contributed by atoms with Gasteiger partial charge in [0.25, 0.3) is 0 Å². The maximum atomic E-state index is 4.28. The summed E-state index contributed by atoms with van der Waals surface area (Å²) < 4.78 is 2.19. The van der Waals surface area contributed by atoms with Crippen molar-refractivity contribution in [3.63, 3.8) is 0 Å². The molecule has 2 aromatic heterocycles. The Hall–Kier alpha value is -0.120. The normalized spacial score (nSPS) is 10.9. The molecule has 0 unspecified atom stereocenters. The second-order valence-electron chi connectivity index (χ2n) is 3.86. The minimum absolute atomic E-state index is 1.09. The Morgan fingerprint density at radius 2 is 1.52 bits per heavy atom. The molecule has 0 aliphatic rings. The van der Waals surface area contributed by atoms with Crippen molar-refractivity contribution in [3.05, 3.63) is 46.9 Å². The summed E-state index contributed by atoms with van der Waals surface area (Å²) in [5, 5.41) is 4.01. The van der Waals surface area contributed by atoms with Gasteiger partial charge in [0.15, 0.2) is 8.68 Å². The summed E-state index contributed by atoms with van der Waals surface area (Å²) in [6.45, 7) is 2.16. The summed E-state index contributed by atoms with van der Waals surface area (Å²) in [6.07, 6.45) is 3.68. The minimum Gasteiger partial charge on any atom is -0.237 e. The minimum atomic E-state index is 1.09. The van der Waals surface area contributed by atoms with Gasteiger partial charge in [-0.3, -0.25) is 0 Å². The molecular formula is C13H10N2S6. The van der Waals surface area contributed by atoms with Crippen molar-refractivity contribution in [3.8, 4) is 0 Å². The highest BCUT2D eigenvalue weighted by atomic mass is 33.1. The van der Waals surface area contributed by atoms with Gasteiger partial charge in [-0.25, -0.2) is 9.97 Å². The summed E-state index contributed by atoms with van der Waals surface area (Å²) >= 11 is 3.35. The molecule has 0 atom stereocenters. The molecule has 0 aliphatic carbocycles. The van der Waals surface area contributed by atoms with Crippen molar-refractivity contribution >= 4 is 65.8 Å². The molecule has 0 N–H and O–H groups in total. The third-order valence-corrected chi connectivity index (χ3v) is 9.53. The van der Waals surface area contributed by atoms with Crippen LogP contribution >= 0.6 is 65.8 Å². The molecule has 0 bridgehead atoms. The molecule has 2 heterocycles. The van der Waals surface area contributed by atoms with Crippen LogP contribution in [-0.4, -0.2) is 9.97 Å². The van der Waals surface area contributed by atoms with E-state index in [-0.39, 0.29) is 0 Å². The van der Waals surface area contributed by atoms with Crippen LogP contribution < -0.4 is 0 Å². The van der Waals surface area contributed by atoms with Gasteiger partial charge in [0.05, 0.1) is 0 Å². The lowest BCUT2D eigenvalue weighted by atomic mass is 10.2. The summed E-state index contributed by atoms with van der Waals surface area (Å²) in [5.74, 6) is 0. The lowest BCUT2D eigenvalue weighted by molar-refractivity contribution is 1.25. The highest BCUT2D eigenvalue weighted by molar-refractivity contribution is 8.77. The van der Waals surface area contributed by atoms with Gasteiger partial charge in [0, 0.05) is 32.9 Å². The first-order chi connectivity index (χ1) is 10.3. The first-order valence-corrected chi connectivity index (χ1v) is 12.0. The molecule has 3 aromatic rings. The van der Waals surface area contributed by atoms with Gasteiger partial charge >= 0.3 is 0 Å². The number of nitrogens with zero attached hydrogens (tertiary/aromatic N) is 2. The van der Waals surface area contributed by atoms with Crippen molar-refractivity contribution in [2.24, 2.45) is 0 Å². The number of thiazole rings is 2. The largest absolute Gasteiger partial charge is 0.237 e. The van der Waals surface area contributed by atoms with Crippen molar-refractivity contribution in [2.45, 2.75) is 25.4 Å². The van der Waals surface area contributed by atoms with Crippen molar-refractivity contribution in [1.82, 2.24) is 9.97 Å². The lowest BCUT2D eigenvalue weighted by Crippen LogP contribution is -1.79. The van der Waals surface area contributed by atoms with E-state index in [4.69, 9.17) is 0 Å². The molecule has 8 heteroatoms. The molecule has 0 aliphatic heterocycles. The van der Waals surface area contributed by atoms with E-state index >= 15 is 0 Å². The Labute approximate surface area is 147 Å². The van der Waals surface area contributed by atoms with Gasteiger partial charge in [-0.15, -0.1) is 22.7 Å². The van der Waals surface area contributed by atoms with E-state index in [1.807, 2.05) is 23.2 Å². The lowest BCUT2D eigenvalue weighted by Gasteiger charge is -2.06. The fourth-order valence-corrected chi connectivity index (χ4v) is 7.44. The maximum Gasteiger partial charge on any atom is 0.160 e. The van der Waals surface area contributed by atoms with Crippen LogP contribution in [0.2, 0.25) is 0 Å². The van der Waals surface area contributed by atoms with Gasteiger partial charge in [-0.1, -0.05) is 10.8 Å². The fourth-order valence-electron chi connectivity index (χ4n) is 1.43. The molecule has 2 nitrogen and oxygen atoms in total. The average molecular weight is 387 g/mol. The van der Waals surface area contributed by atoms with Crippen LogP contribution in [0.4, 0.5) is 0 Å². The Balaban J connectivity index is 1.59. The number of aromatic nitrogens is 2. The van der Waals surface area contributed by atoms with Crippen LogP contribution in [0.5, 0.6) is 0 Å². The first-order valence-electron chi connectivity index (χ1n) is 5.90. The third kappa shape index (κ3) is 4.67. The van der Waals surface area contributed by atoms with Crippen LogP contribution in [0.15, 0.2) is 59.8 Å². The molecule has 0 saturated carbocycles. The molecular weight excluding hydrogens is 377 g/mol. The van der Waals surface area contributed by atoms with Crippen LogP contribution in [0, 0.1) is 6.92 Å². The highest BCUT2D eigenvalue weighted by Gasteiger charge is 2.06. The molecule has 0 fully saturated rings. The Morgan fingerprint density at radius 1 is 0.857 bits per heavy atom. The van der Waals surface area contributed by atoms with Gasteiger partial charge in [-0.05, 0) is 63.1 Å². The summed E-state index contributed by atoms with van der Waals surface area (Å²) in [6, 6.07) is 6.59. The predicted molar refractivity (Wildman–Crippen MR) is 98.8 cm³/mol. The number of hydrogen-bond acceptors (Lipinski definition) is 8. The van der Waals surface area contributed by atoms with E-state index in [0.29, 0.717) is 0 Å². The van der Waals surface area contributed by atoms with Crippen LogP contribution in [0.3, 0.4) is 0 Å². The summed E-state index contributed by atoms with van der Waals surface area (Å²) in [4.78, 5) is 11.1. The van der Waals surface area contributed by atoms with Crippen LogP contribution in [0.1, 0.15) is 5.56 Å². The van der Waals surface area contributed by atoms with Crippen molar-refractivity contribution in [2.75, 3.05) is 0 Å². The molecule has 0 radical (unpaired) electrons. The molecule has 108 valence electrons. The Bertz CT molecular complexity index is 681. The molecule has 0 spiro atoms. The van der Waals surface area contributed by atoms with Crippen LogP contribution in [0.25, 0.3) is 0 Å². The van der Waals surface area contributed by atoms with Gasteiger partial charge in [0.1, 0.15) is 0 Å². The molecule has 0 amide bonds. The Kier molecular flexibility index (Phi) is 5.96. The monoisotopic (exact) mass is 386 g/mol. The maximum absolute atomic E-state index is 4.28. The highest BCUT2D eigenvalue weighted by Crippen LogP contribution is 2.43. The van der Waals surface area contributed by atoms with E-state index in [2.05, 4.69) is 35.1 Å². The number of aryl methyl sites for hydroxylation is 1. The van der Waals surface area contributed by atoms with E-state index in [0.717, 1.165) is 8.68 Å². The number of benzene rings is 1. The average Bonchev–Trinajstić information content (AvgIpc) is 3.17. The van der Waals surface area contributed by atoms with Crippen molar-refractivity contribution < 1.29 is 0 Å². The molecule has 21 heavy (non-hydrogen) atoms. The second-order valence-corrected chi connectivity index (χ2v) is 10.5. The third-order valence-electron chi connectivity index (χ3n) is 2.38. The van der Waals surface area contributed by atoms with Gasteiger partial charge in [-0.2, -0.15) is 0 Å². The predicted octanol–water partition coefficient (Wildman–Crippen LogP) is 6.51.